The van der Waals surface area contributed by atoms with Crippen molar-refractivity contribution < 1.29 is 4.79 Å². The van der Waals surface area contributed by atoms with Crippen LogP contribution in [0.25, 0.3) is 0 Å². The van der Waals surface area contributed by atoms with Crippen LogP contribution in [-0.4, -0.2) is 17.0 Å². The summed E-state index contributed by atoms with van der Waals surface area (Å²) in [5.74, 6) is 7.16. The van der Waals surface area contributed by atoms with Crippen LogP contribution in [0.5, 0.6) is 0 Å². The summed E-state index contributed by atoms with van der Waals surface area (Å²) < 4.78 is 0. The van der Waals surface area contributed by atoms with Crippen LogP contribution < -0.4 is 5.84 Å². The first-order valence-electron chi connectivity index (χ1n) is 8.77. The highest BCUT2D eigenvalue weighted by atomic mass is 16.2. The van der Waals surface area contributed by atoms with Gasteiger partial charge >= 0.3 is 0 Å². The summed E-state index contributed by atoms with van der Waals surface area (Å²) in [6.07, 6.45) is 8.67. The first-order valence-corrected chi connectivity index (χ1v) is 8.77. The van der Waals surface area contributed by atoms with Crippen LogP contribution in [0.3, 0.4) is 0 Å². The van der Waals surface area contributed by atoms with E-state index < -0.39 is 0 Å². The number of carbonyl (C=O) groups is 1. The summed E-state index contributed by atoms with van der Waals surface area (Å²) in [4.78, 5) is 13.3. The van der Waals surface area contributed by atoms with E-state index in [1.807, 2.05) is 18.2 Å². The highest BCUT2D eigenvalue weighted by molar-refractivity contribution is 5.88. The minimum atomic E-state index is -0.378. The fraction of sp³-hybridized carbons (Fsp3) is 0.632. The molecule has 0 radical (unpaired) electrons. The minimum absolute atomic E-state index is 0.148. The van der Waals surface area contributed by atoms with E-state index in [9.17, 15) is 4.79 Å². The fourth-order valence-corrected chi connectivity index (χ4v) is 4.43. The van der Waals surface area contributed by atoms with Crippen molar-refractivity contribution in [1.82, 2.24) is 5.01 Å². The molecular formula is C19H28N2O. The molecule has 2 aliphatic rings. The Morgan fingerprint density at radius 3 is 2.45 bits per heavy atom. The van der Waals surface area contributed by atoms with Crippen LogP contribution in [0.4, 0.5) is 0 Å². The van der Waals surface area contributed by atoms with E-state index in [1.54, 1.807) is 5.01 Å². The van der Waals surface area contributed by atoms with Crippen LogP contribution in [-0.2, 0) is 10.2 Å². The van der Waals surface area contributed by atoms with Gasteiger partial charge in [0, 0.05) is 6.04 Å². The molecule has 22 heavy (non-hydrogen) atoms. The van der Waals surface area contributed by atoms with Crippen molar-refractivity contribution in [3.63, 3.8) is 0 Å². The maximum atomic E-state index is 13.3. The van der Waals surface area contributed by atoms with E-state index in [-0.39, 0.29) is 17.4 Å². The molecule has 1 amide bonds. The number of nitrogens with zero attached hydrogens (tertiary/aromatic N) is 1. The predicted molar refractivity (Wildman–Crippen MR) is 89.0 cm³/mol. The second-order valence-corrected chi connectivity index (χ2v) is 7.29. The lowest BCUT2D eigenvalue weighted by Crippen LogP contribution is -2.54. The molecule has 0 saturated heterocycles. The third kappa shape index (κ3) is 2.79. The number of benzene rings is 1. The van der Waals surface area contributed by atoms with Gasteiger partial charge in [-0.15, -0.1) is 0 Å². The normalized spacial score (nSPS) is 27.5. The zero-order valence-corrected chi connectivity index (χ0v) is 13.6. The standard InChI is InChI=1S/C19H28N2O/c1-15-8-7-11-17(14-15)21(20)18(22)19(12-5-6-13-19)16-9-3-2-4-10-16/h2-4,9-10,15,17H,5-8,11-14,20H2,1H3. The Kier molecular flexibility index (Phi) is 4.53. The number of hydrazine groups is 1. The number of carbonyl (C=O) groups excluding carboxylic acids is 1. The van der Waals surface area contributed by atoms with Gasteiger partial charge < -0.3 is 0 Å². The van der Waals surface area contributed by atoms with Gasteiger partial charge in [-0.3, -0.25) is 9.80 Å². The van der Waals surface area contributed by atoms with Gasteiger partial charge in [-0.2, -0.15) is 0 Å². The second kappa shape index (κ2) is 6.41. The van der Waals surface area contributed by atoms with Crippen LogP contribution in [0.15, 0.2) is 30.3 Å². The van der Waals surface area contributed by atoms with Crippen molar-refractivity contribution >= 4 is 5.91 Å². The predicted octanol–water partition coefficient (Wildman–Crippen LogP) is 3.78. The molecule has 3 heteroatoms. The molecule has 2 aliphatic carbocycles. The Bertz CT molecular complexity index is 507. The highest BCUT2D eigenvalue weighted by Crippen LogP contribution is 2.43. The van der Waals surface area contributed by atoms with Crippen molar-refractivity contribution in [3.8, 4) is 0 Å². The van der Waals surface area contributed by atoms with Gasteiger partial charge in [0.15, 0.2) is 0 Å². The summed E-state index contributed by atoms with van der Waals surface area (Å²) in [7, 11) is 0. The first kappa shape index (κ1) is 15.5. The fourth-order valence-electron chi connectivity index (χ4n) is 4.43. The van der Waals surface area contributed by atoms with E-state index >= 15 is 0 Å². The molecular weight excluding hydrogens is 272 g/mol. The Balaban J connectivity index is 1.84. The Hall–Kier alpha value is -1.35. The van der Waals surface area contributed by atoms with E-state index in [0.29, 0.717) is 5.92 Å². The monoisotopic (exact) mass is 300 g/mol. The van der Waals surface area contributed by atoms with E-state index in [1.165, 1.54) is 12.8 Å². The molecule has 2 N–H and O–H groups in total. The van der Waals surface area contributed by atoms with Crippen LogP contribution in [0.1, 0.15) is 63.9 Å². The molecule has 0 heterocycles. The first-order chi connectivity index (χ1) is 10.6. The zero-order valence-electron chi connectivity index (χ0n) is 13.6. The van der Waals surface area contributed by atoms with Gasteiger partial charge in [0.2, 0.25) is 5.91 Å². The SMILES string of the molecule is CC1CCCC(N(N)C(=O)C2(c3ccccc3)CCCC2)C1. The maximum Gasteiger partial charge on any atom is 0.247 e. The zero-order chi connectivity index (χ0) is 15.6. The molecule has 2 saturated carbocycles. The Morgan fingerprint density at radius 1 is 1.14 bits per heavy atom. The molecule has 120 valence electrons. The van der Waals surface area contributed by atoms with Gasteiger partial charge in [-0.25, -0.2) is 5.84 Å². The summed E-state index contributed by atoms with van der Waals surface area (Å²) in [6.45, 7) is 2.27. The summed E-state index contributed by atoms with van der Waals surface area (Å²) >= 11 is 0. The van der Waals surface area contributed by atoms with Crippen molar-refractivity contribution in [2.24, 2.45) is 11.8 Å². The molecule has 3 nitrogen and oxygen atoms in total. The molecule has 2 atom stereocenters. The molecule has 3 rings (SSSR count). The van der Waals surface area contributed by atoms with Gasteiger partial charge in [-0.05, 0) is 37.2 Å². The summed E-state index contributed by atoms with van der Waals surface area (Å²) in [5, 5.41) is 1.61. The number of hydrogen-bond acceptors (Lipinski definition) is 2. The molecule has 0 spiro atoms. The van der Waals surface area contributed by atoms with Crippen molar-refractivity contribution in [3.05, 3.63) is 35.9 Å². The smallest absolute Gasteiger partial charge is 0.247 e. The largest absolute Gasteiger partial charge is 0.277 e. The molecule has 2 unspecified atom stereocenters. The summed E-state index contributed by atoms with van der Waals surface area (Å²) in [5.41, 5.74) is 0.772. The van der Waals surface area contributed by atoms with Crippen LogP contribution >= 0.6 is 0 Å². The Labute approximate surface area is 133 Å². The highest BCUT2D eigenvalue weighted by Gasteiger charge is 2.45. The van der Waals surface area contributed by atoms with E-state index in [0.717, 1.165) is 44.1 Å². The lowest BCUT2D eigenvalue weighted by atomic mass is 9.77. The van der Waals surface area contributed by atoms with Crippen molar-refractivity contribution in [1.29, 1.82) is 0 Å². The molecule has 2 fully saturated rings. The quantitative estimate of drug-likeness (QED) is 0.524. The number of amides is 1. The van der Waals surface area contributed by atoms with Gasteiger partial charge in [-0.1, -0.05) is 62.9 Å². The van der Waals surface area contributed by atoms with Crippen LogP contribution in [0, 0.1) is 5.92 Å². The molecule has 1 aromatic rings. The van der Waals surface area contributed by atoms with E-state index in [2.05, 4.69) is 19.1 Å². The third-order valence-electron chi connectivity index (χ3n) is 5.73. The lowest BCUT2D eigenvalue weighted by Gasteiger charge is -2.39. The topological polar surface area (TPSA) is 46.3 Å². The Morgan fingerprint density at radius 2 is 1.82 bits per heavy atom. The summed E-state index contributed by atoms with van der Waals surface area (Å²) in [6, 6.07) is 10.5. The lowest BCUT2D eigenvalue weighted by molar-refractivity contribution is -0.141. The number of nitrogens with two attached hydrogens (primary N) is 1. The number of hydrogen-bond donors (Lipinski definition) is 1. The van der Waals surface area contributed by atoms with Gasteiger partial charge in [0.05, 0.1) is 5.41 Å². The average Bonchev–Trinajstić information content (AvgIpc) is 3.05. The molecule has 0 bridgehead atoms. The average molecular weight is 300 g/mol. The molecule has 0 aliphatic heterocycles. The van der Waals surface area contributed by atoms with Gasteiger partial charge in [0.1, 0.15) is 0 Å². The van der Waals surface area contributed by atoms with Crippen LogP contribution in [0.2, 0.25) is 0 Å². The third-order valence-corrected chi connectivity index (χ3v) is 5.73. The second-order valence-electron chi connectivity index (χ2n) is 7.29. The minimum Gasteiger partial charge on any atom is -0.277 e. The molecule has 0 aromatic heterocycles. The van der Waals surface area contributed by atoms with Gasteiger partial charge in [0.25, 0.3) is 0 Å². The van der Waals surface area contributed by atoms with Crippen molar-refractivity contribution in [2.45, 2.75) is 69.7 Å². The maximum absolute atomic E-state index is 13.3. The number of rotatable bonds is 3. The van der Waals surface area contributed by atoms with Crippen molar-refractivity contribution in [2.75, 3.05) is 0 Å². The van der Waals surface area contributed by atoms with E-state index in [4.69, 9.17) is 5.84 Å². The molecule has 1 aromatic carbocycles.